The second kappa shape index (κ2) is 9.96. The highest BCUT2D eigenvalue weighted by Gasteiger charge is 2.19. The molecule has 0 bridgehead atoms. The van der Waals surface area contributed by atoms with Crippen LogP contribution in [0.1, 0.15) is 37.8 Å². The molecular weight excluding hydrogens is 480 g/mol. The maximum absolute atomic E-state index is 2.46. The Kier molecular flexibility index (Phi) is 6.13. The van der Waals surface area contributed by atoms with E-state index in [-0.39, 0.29) is 0 Å². The predicted octanol–water partition coefficient (Wildman–Crippen LogP) is 11.5. The number of hydrogen-bond donors (Lipinski definition) is 0. The molecule has 0 nitrogen and oxygen atoms in total. The van der Waals surface area contributed by atoms with Gasteiger partial charge in [-0.25, -0.2) is 0 Å². The summed E-state index contributed by atoms with van der Waals surface area (Å²) in [5, 5.41) is 7.82. The van der Waals surface area contributed by atoms with Gasteiger partial charge in [0.15, 0.2) is 0 Å². The van der Waals surface area contributed by atoms with Crippen molar-refractivity contribution in [2.24, 2.45) is 5.92 Å². The van der Waals surface area contributed by atoms with Crippen LogP contribution in [0.15, 0.2) is 127 Å². The van der Waals surface area contributed by atoms with Crippen LogP contribution in [0, 0.1) is 12.8 Å². The van der Waals surface area contributed by atoms with Gasteiger partial charge in [-0.15, -0.1) is 0 Å². The number of rotatable bonds is 4. The summed E-state index contributed by atoms with van der Waals surface area (Å²) in [5.74, 6) is 0.671. The van der Waals surface area contributed by atoms with Crippen LogP contribution in [-0.4, -0.2) is 0 Å². The van der Waals surface area contributed by atoms with Crippen molar-refractivity contribution >= 4 is 37.9 Å². The smallest absolute Gasteiger partial charge is 0.00201 e. The van der Waals surface area contributed by atoms with Crippen LogP contribution in [0.2, 0.25) is 0 Å². The first-order valence-corrected chi connectivity index (χ1v) is 14.6. The maximum atomic E-state index is 2.46. The Hall–Kier alpha value is -4.42. The molecule has 0 saturated carbocycles. The Bertz CT molecular complexity index is 1910. The van der Waals surface area contributed by atoms with Crippen molar-refractivity contribution in [1.82, 2.24) is 0 Å². The van der Waals surface area contributed by atoms with Gasteiger partial charge in [0.1, 0.15) is 0 Å². The molecule has 7 rings (SSSR count). The molecule has 1 aliphatic carbocycles. The number of fused-ring (bicyclic) bond motifs is 3. The van der Waals surface area contributed by atoms with E-state index in [1.54, 1.807) is 0 Å². The zero-order valence-electron chi connectivity index (χ0n) is 23.5. The minimum Gasteiger partial charge on any atom is -0.0776 e. The topological polar surface area (TPSA) is 0 Å². The van der Waals surface area contributed by atoms with Crippen molar-refractivity contribution in [3.63, 3.8) is 0 Å². The van der Waals surface area contributed by atoms with E-state index in [1.807, 2.05) is 0 Å². The van der Waals surface area contributed by atoms with Crippen molar-refractivity contribution in [3.05, 3.63) is 138 Å². The highest BCUT2D eigenvalue weighted by molar-refractivity contribution is 6.23. The normalized spacial score (nSPS) is 15.4. The number of aryl methyl sites for hydroxylation is 1. The molecule has 6 aromatic carbocycles. The second-order valence-corrected chi connectivity index (χ2v) is 11.3. The summed E-state index contributed by atoms with van der Waals surface area (Å²) < 4.78 is 0. The van der Waals surface area contributed by atoms with Gasteiger partial charge in [0.05, 0.1) is 0 Å². The minimum atomic E-state index is 0.671. The molecule has 0 aromatic heterocycles. The van der Waals surface area contributed by atoms with Gasteiger partial charge in [-0.1, -0.05) is 128 Å². The molecular formula is C40H34. The monoisotopic (exact) mass is 514 g/mol. The van der Waals surface area contributed by atoms with E-state index in [4.69, 9.17) is 0 Å². The average molecular weight is 515 g/mol. The lowest BCUT2D eigenvalue weighted by Crippen LogP contribution is -2.01. The fourth-order valence-electron chi connectivity index (χ4n) is 6.79. The first-order chi connectivity index (χ1) is 19.6. The summed E-state index contributed by atoms with van der Waals surface area (Å²) in [6.45, 7) is 6.75. The van der Waals surface area contributed by atoms with Crippen LogP contribution in [0.3, 0.4) is 0 Å². The molecule has 1 atom stereocenters. The summed E-state index contributed by atoms with van der Waals surface area (Å²) >= 11 is 0. The largest absolute Gasteiger partial charge is 0.0776 e. The molecule has 0 fully saturated rings. The van der Waals surface area contributed by atoms with Crippen LogP contribution in [0.5, 0.6) is 0 Å². The summed E-state index contributed by atoms with van der Waals surface area (Å²) in [4.78, 5) is 0. The lowest BCUT2D eigenvalue weighted by Gasteiger charge is -2.20. The third-order valence-corrected chi connectivity index (χ3v) is 8.89. The lowest BCUT2D eigenvalue weighted by atomic mass is 9.83. The highest BCUT2D eigenvalue weighted by atomic mass is 14.2. The van der Waals surface area contributed by atoms with Crippen molar-refractivity contribution in [2.45, 2.75) is 33.6 Å². The van der Waals surface area contributed by atoms with Gasteiger partial charge in [0.25, 0.3) is 0 Å². The molecule has 194 valence electrons. The van der Waals surface area contributed by atoms with E-state index < -0.39 is 0 Å². The Labute approximate surface area is 237 Å². The molecule has 0 saturated heterocycles. The van der Waals surface area contributed by atoms with E-state index in [2.05, 4.69) is 142 Å². The molecule has 0 amide bonds. The number of benzene rings is 6. The summed E-state index contributed by atoms with van der Waals surface area (Å²) in [5.41, 5.74) is 10.6. The summed E-state index contributed by atoms with van der Waals surface area (Å²) in [7, 11) is 0. The van der Waals surface area contributed by atoms with E-state index in [0.717, 1.165) is 6.42 Å². The van der Waals surface area contributed by atoms with E-state index in [9.17, 15) is 0 Å². The summed E-state index contributed by atoms with van der Waals surface area (Å²) in [6.07, 6.45) is 7.23. The third-order valence-electron chi connectivity index (χ3n) is 8.89. The zero-order chi connectivity index (χ0) is 27.2. The Morgan fingerprint density at radius 2 is 1.07 bits per heavy atom. The molecule has 0 heterocycles. The Morgan fingerprint density at radius 3 is 1.65 bits per heavy atom. The second-order valence-electron chi connectivity index (χ2n) is 11.3. The maximum Gasteiger partial charge on any atom is -0.00201 e. The standard InChI is InChI=1S/C40H34/c1-4-28-18-24-31(27(3)25-28)29-19-21-30(22-20-29)39-34-13-7-9-15-36(34)40(37-16-10-8-14-35(37)39)38-23-17-26(2)32-11-5-6-12-33(32)38/h5-17,19-25,28H,4,18H2,1-3H3. The molecule has 0 aliphatic heterocycles. The van der Waals surface area contributed by atoms with E-state index in [1.165, 1.54) is 83.3 Å². The highest BCUT2D eigenvalue weighted by Crippen LogP contribution is 2.45. The Morgan fingerprint density at radius 1 is 0.550 bits per heavy atom. The first kappa shape index (κ1) is 24.6. The molecule has 40 heavy (non-hydrogen) atoms. The van der Waals surface area contributed by atoms with Crippen LogP contribution in [0.4, 0.5) is 0 Å². The first-order valence-electron chi connectivity index (χ1n) is 14.6. The minimum absolute atomic E-state index is 0.671. The number of hydrogen-bond acceptors (Lipinski definition) is 0. The lowest BCUT2D eigenvalue weighted by molar-refractivity contribution is 0.630. The molecule has 0 radical (unpaired) electrons. The van der Waals surface area contributed by atoms with Crippen LogP contribution in [0.25, 0.3) is 60.1 Å². The quantitative estimate of drug-likeness (QED) is 0.205. The average Bonchev–Trinajstić information content (AvgIpc) is 3.01. The van der Waals surface area contributed by atoms with Gasteiger partial charge in [0, 0.05) is 0 Å². The van der Waals surface area contributed by atoms with Crippen molar-refractivity contribution < 1.29 is 0 Å². The van der Waals surface area contributed by atoms with Gasteiger partial charge in [-0.3, -0.25) is 0 Å². The van der Waals surface area contributed by atoms with Gasteiger partial charge < -0.3 is 0 Å². The molecule has 1 aliphatic rings. The Balaban J connectivity index is 1.46. The van der Waals surface area contributed by atoms with Gasteiger partial charge in [-0.05, 0) is 109 Å². The van der Waals surface area contributed by atoms with Crippen molar-refractivity contribution in [2.75, 3.05) is 0 Å². The molecule has 1 unspecified atom stereocenters. The van der Waals surface area contributed by atoms with Gasteiger partial charge >= 0.3 is 0 Å². The van der Waals surface area contributed by atoms with E-state index in [0.29, 0.717) is 5.92 Å². The summed E-state index contributed by atoms with van der Waals surface area (Å²) in [6, 6.07) is 40.6. The van der Waals surface area contributed by atoms with Crippen molar-refractivity contribution in [1.29, 1.82) is 0 Å². The fraction of sp³-hybridized carbons (Fsp3) is 0.150. The van der Waals surface area contributed by atoms with Crippen LogP contribution in [-0.2, 0) is 0 Å². The molecule has 6 aromatic rings. The van der Waals surface area contributed by atoms with Crippen molar-refractivity contribution in [3.8, 4) is 22.3 Å². The third kappa shape index (κ3) is 3.98. The molecule has 0 N–H and O–H groups in total. The van der Waals surface area contributed by atoms with Gasteiger partial charge in [0.2, 0.25) is 0 Å². The van der Waals surface area contributed by atoms with Crippen LogP contribution >= 0.6 is 0 Å². The zero-order valence-corrected chi connectivity index (χ0v) is 23.5. The van der Waals surface area contributed by atoms with Crippen LogP contribution < -0.4 is 0 Å². The molecule has 0 spiro atoms. The molecule has 0 heteroatoms. The van der Waals surface area contributed by atoms with Gasteiger partial charge in [-0.2, -0.15) is 0 Å². The fourth-order valence-corrected chi connectivity index (χ4v) is 6.79. The SMILES string of the molecule is CCC1C=C(C)C(c2ccc(-c3c4ccccc4c(-c4ccc(C)c5ccccc45)c4ccccc34)cc2)=CC1. The van der Waals surface area contributed by atoms with E-state index >= 15 is 0 Å². The predicted molar refractivity (Wildman–Crippen MR) is 175 cm³/mol. The number of allylic oxidation sites excluding steroid dienone is 4.